The first kappa shape index (κ1) is 30.3. The number of hydrogen-bond donors (Lipinski definition) is 3. The van der Waals surface area contributed by atoms with E-state index in [-0.39, 0.29) is 11.7 Å². The second-order valence-corrected chi connectivity index (χ2v) is 9.81. The number of carbonyl (C=O) groups excluding carboxylic acids is 1. The van der Waals surface area contributed by atoms with Crippen LogP contribution in [0.15, 0.2) is 36.4 Å². The van der Waals surface area contributed by atoms with Gasteiger partial charge in [-0.1, -0.05) is 76.8 Å². The molecule has 0 fully saturated rings. The molecule has 0 saturated carbocycles. The zero-order valence-corrected chi connectivity index (χ0v) is 22.9. The molecule has 0 aliphatic carbocycles. The third kappa shape index (κ3) is 12.8. The molecule has 6 nitrogen and oxygen atoms in total. The van der Waals surface area contributed by atoms with Crippen LogP contribution >= 0.6 is 0 Å². The molecule has 0 bridgehead atoms. The molecule has 6 heteroatoms. The number of hydrogen-bond acceptors (Lipinski definition) is 5. The van der Waals surface area contributed by atoms with Gasteiger partial charge in [0.15, 0.2) is 11.5 Å². The average Bonchev–Trinajstić information content (AvgIpc) is 2.89. The van der Waals surface area contributed by atoms with Gasteiger partial charge in [-0.15, -0.1) is 0 Å². The highest BCUT2D eigenvalue weighted by molar-refractivity contribution is 5.75. The summed E-state index contributed by atoms with van der Waals surface area (Å²) in [6.45, 7) is 3.29. The standard InChI is InChI=1S/C31H47NO5/c1-3-4-5-12-15-26-18-19-27(23-28(26)33)37-21-14-11-9-7-6-8-10-13-16-31(35)32-24-25-17-20-30(36-2)29(34)22-25/h17-20,22-23,33-34H,3-16,21,24H2,1-2H3,(H,32,35). The van der Waals surface area contributed by atoms with Crippen LogP contribution in [0.25, 0.3) is 0 Å². The van der Waals surface area contributed by atoms with E-state index in [2.05, 4.69) is 12.2 Å². The van der Waals surface area contributed by atoms with Gasteiger partial charge in [-0.05, 0) is 55.0 Å². The smallest absolute Gasteiger partial charge is 0.220 e. The number of ether oxygens (including phenoxy) is 2. The fraction of sp³-hybridized carbons (Fsp3) is 0.581. The van der Waals surface area contributed by atoms with E-state index in [0.717, 1.165) is 61.8 Å². The highest BCUT2D eigenvalue weighted by Crippen LogP contribution is 2.27. The Morgan fingerprint density at radius 1 is 0.811 bits per heavy atom. The summed E-state index contributed by atoms with van der Waals surface area (Å²) in [4.78, 5) is 12.0. The topological polar surface area (TPSA) is 88.0 Å². The molecule has 0 heterocycles. The van der Waals surface area contributed by atoms with E-state index in [1.807, 2.05) is 18.2 Å². The Kier molecular flexibility index (Phi) is 15.1. The van der Waals surface area contributed by atoms with E-state index in [1.165, 1.54) is 45.6 Å². The summed E-state index contributed by atoms with van der Waals surface area (Å²) in [5.41, 5.74) is 1.86. The molecule has 0 radical (unpaired) electrons. The number of methoxy groups -OCH3 is 1. The molecule has 2 aromatic rings. The number of aromatic hydroxyl groups is 2. The molecule has 206 valence electrons. The highest BCUT2D eigenvalue weighted by atomic mass is 16.5. The monoisotopic (exact) mass is 513 g/mol. The number of carbonyl (C=O) groups is 1. The molecule has 0 unspecified atom stereocenters. The van der Waals surface area contributed by atoms with E-state index < -0.39 is 0 Å². The van der Waals surface area contributed by atoms with Gasteiger partial charge in [0.05, 0.1) is 13.7 Å². The molecule has 37 heavy (non-hydrogen) atoms. The van der Waals surface area contributed by atoms with E-state index >= 15 is 0 Å². The van der Waals surface area contributed by atoms with Crippen LogP contribution in [0.3, 0.4) is 0 Å². The SMILES string of the molecule is CCCCCCc1ccc(OCCCCCCCCCCC(=O)NCc2ccc(OC)c(O)c2)cc1O. The van der Waals surface area contributed by atoms with Gasteiger partial charge in [0.2, 0.25) is 5.91 Å². The van der Waals surface area contributed by atoms with Crippen LogP contribution in [-0.4, -0.2) is 29.8 Å². The van der Waals surface area contributed by atoms with Crippen LogP contribution in [0.4, 0.5) is 0 Å². The lowest BCUT2D eigenvalue weighted by Crippen LogP contribution is -2.22. The number of benzene rings is 2. The molecule has 0 atom stereocenters. The molecular weight excluding hydrogens is 466 g/mol. The first-order chi connectivity index (χ1) is 18.0. The maximum absolute atomic E-state index is 12.0. The minimum Gasteiger partial charge on any atom is -0.508 e. The summed E-state index contributed by atoms with van der Waals surface area (Å²) in [6.07, 6.45) is 15.2. The van der Waals surface area contributed by atoms with Crippen LogP contribution in [-0.2, 0) is 17.8 Å². The average molecular weight is 514 g/mol. The Morgan fingerprint density at radius 2 is 1.51 bits per heavy atom. The lowest BCUT2D eigenvalue weighted by Gasteiger charge is -2.09. The fourth-order valence-corrected chi connectivity index (χ4v) is 4.36. The van der Waals surface area contributed by atoms with Gasteiger partial charge in [0, 0.05) is 19.0 Å². The highest BCUT2D eigenvalue weighted by Gasteiger charge is 2.06. The van der Waals surface area contributed by atoms with Gasteiger partial charge < -0.3 is 25.0 Å². The van der Waals surface area contributed by atoms with Crippen molar-refractivity contribution >= 4 is 5.91 Å². The molecule has 0 aromatic heterocycles. The quantitative estimate of drug-likeness (QED) is 0.160. The Bertz CT molecular complexity index is 914. The Balaban J connectivity index is 1.42. The zero-order valence-electron chi connectivity index (χ0n) is 22.9. The maximum Gasteiger partial charge on any atom is 0.220 e. The summed E-state index contributed by atoms with van der Waals surface area (Å²) in [5, 5.41) is 22.9. The predicted octanol–water partition coefficient (Wildman–Crippen LogP) is 7.44. The molecule has 3 N–H and O–H groups in total. The molecule has 0 aliphatic rings. The Hall–Kier alpha value is -2.89. The number of rotatable bonds is 20. The van der Waals surface area contributed by atoms with Crippen LogP contribution in [0.2, 0.25) is 0 Å². The van der Waals surface area contributed by atoms with Crippen molar-refractivity contribution in [1.29, 1.82) is 0 Å². The summed E-state index contributed by atoms with van der Waals surface area (Å²) in [5.74, 6) is 1.66. The molecule has 0 spiro atoms. The van der Waals surface area contributed by atoms with Crippen molar-refractivity contribution < 1.29 is 24.5 Å². The van der Waals surface area contributed by atoms with Crippen molar-refractivity contribution in [2.75, 3.05) is 13.7 Å². The number of phenolic OH excluding ortho intramolecular Hbond substituents is 2. The van der Waals surface area contributed by atoms with E-state index in [4.69, 9.17) is 9.47 Å². The Morgan fingerprint density at radius 3 is 2.19 bits per heavy atom. The molecule has 0 saturated heterocycles. The van der Waals surface area contributed by atoms with Crippen molar-refractivity contribution in [1.82, 2.24) is 5.32 Å². The molecule has 0 aliphatic heterocycles. The fourth-order valence-electron chi connectivity index (χ4n) is 4.36. The number of nitrogens with one attached hydrogen (secondary N) is 1. The number of unbranched alkanes of at least 4 members (excludes halogenated alkanes) is 10. The van der Waals surface area contributed by atoms with Gasteiger partial charge in [0.1, 0.15) is 11.5 Å². The maximum atomic E-state index is 12.0. The second-order valence-electron chi connectivity index (χ2n) is 9.81. The first-order valence-corrected chi connectivity index (χ1v) is 14.1. The second kappa shape index (κ2) is 18.4. The number of aryl methyl sites for hydroxylation is 1. The van der Waals surface area contributed by atoms with E-state index in [1.54, 1.807) is 18.2 Å². The van der Waals surface area contributed by atoms with Crippen molar-refractivity contribution in [3.8, 4) is 23.0 Å². The lowest BCUT2D eigenvalue weighted by atomic mass is 10.1. The van der Waals surface area contributed by atoms with Crippen molar-refractivity contribution in [2.45, 2.75) is 103 Å². The minimum atomic E-state index is 0.0465. The summed E-state index contributed by atoms with van der Waals surface area (Å²) in [7, 11) is 1.51. The Labute approximate surface area is 223 Å². The third-order valence-corrected chi connectivity index (χ3v) is 6.66. The van der Waals surface area contributed by atoms with E-state index in [9.17, 15) is 15.0 Å². The molecule has 2 rings (SSSR count). The van der Waals surface area contributed by atoms with Gasteiger partial charge in [-0.25, -0.2) is 0 Å². The van der Waals surface area contributed by atoms with Crippen LogP contribution in [0.1, 0.15) is 102 Å². The normalized spacial score (nSPS) is 10.9. The summed E-state index contributed by atoms with van der Waals surface area (Å²) in [6, 6.07) is 10.9. The van der Waals surface area contributed by atoms with Gasteiger partial charge in [0.25, 0.3) is 0 Å². The summed E-state index contributed by atoms with van der Waals surface area (Å²) < 4.78 is 10.8. The first-order valence-electron chi connectivity index (χ1n) is 14.1. The van der Waals surface area contributed by atoms with Crippen LogP contribution in [0.5, 0.6) is 23.0 Å². The molecule has 2 aromatic carbocycles. The van der Waals surface area contributed by atoms with Gasteiger partial charge in [-0.2, -0.15) is 0 Å². The van der Waals surface area contributed by atoms with Crippen molar-refractivity contribution in [2.24, 2.45) is 0 Å². The van der Waals surface area contributed by atoms with E-state index in [0.29, 0.717) is 31.1 Å². The van der Waals surface area contributed by atoms with Crippen molar-refractivity contribution in [3.05, 3.63) is 47.5 Å². The number of amides is 1. The largest absolute Gasteiger partial charge is 0.508 e. The van der Waals surface area contributed by atoms with Gasteiger partial charge >= 0.3 is 0 Å². The lowest BCUT2D eigenvalue weighted by molar-refractivity contribution is -0.121. The van der Waals surface area contributed by atoms with Crippen LogP contribution in [0, 0.1) is 0 Å². The zero-order chi connectivity index (χ0) is 26.7. The number of phenols is 2. The van der Waals surface area contributed by atoms with Crippen LogP contribution < -0.4 is 14.8 Å². The summed E-state index contributed by atoms with van der Waals surface area (Å²) >= 11 is 0. The van der Waals surface area contributed by atoms with Crippen molar-refractivity contribution in [3.63, 3.8) is 0 Å². The molecular formula is C31H47NO5. The minimum absolute atomic E-state index is 0.0465. The molecule has 1 amide bonds. The predicted molar refractivity (Wildman–Crippen MR) is 150 cm³/mol. The van der Waals surface area contributed by atoms with Gasteiger partial charge in [-0.3, -0.25) is 4.79 Å². The third-order valence-electron chi connectivity index (χ3n) is 6.66.